The Kier molecular flexibility index (Phi) is 5.45. The zero-order valence-corrected chi connectivity index (χ0v) is 16.3. The highest BCUT2D eigenvalue weighted by atomic mass is 31.1. The molecule has 0 spiro atoms. The fourth-order valence-corrected chi connectivity index (χ4v) is 3.65. The second-order valence-electron chi connectivity index (χ2n) is 7.81. The minimum absolute atomic E-state index is 0.283. The molecule has 0 atom stereocenters. The average Bonchev–Trinajstić information content (AvgIpc) is 2.43. The molecule has 0 aliphatic carbocycles. The van der Waals surface area contributed by atoms with E-state index in [1.165, 1.54) is 0 Å². The molecule has 0 heterocycles. The van der Waals surface area contributed by atoms with Gasteiger partial charge in [0.2, 0.25) is 0 Å². The van der Waals surface area contributed by atoms with Gasteiger partial charge in [0.25, 0.3) is 0 Å². The van der Waals surface area contributed by atoms with Crippen LogP contribution in [0.15, 0.2) is 48.5 Å². The number of rotatable bonds is 4. The topological polar surface area (TPSA) is 35.5 Å². The molecular weight excluding hydrogens is 319 g/mol. The first-order valence-electron chi connectivity index (χ1n) is 8.16. The van der Waals surface area contributed by atoms with Crippen molar-refractivity contribution in [2.24, 2.45) is 0 Å². The Morgan fingerprint density at radius 3 is 1.42 bits per heavy atom. The van der Waals surface area contributed by atoms with Crippen LogP contribution in [0, 0.1) is 0 Å². The lowest BCUT2D eigenvalue weighted by Crippen LogP contribution is -2.23. The van der Waals surface area contributed by atoms with Crippen LogP contribution in [0.5, 0.6) is 11.5 Å². The Hall–Kier alpha value is -1.73. The molecule has 0 saturated heterocycles. The van der Waals surface area contributed by atoms with Crippen LogP contribution in [0.4, 0.5) is 0 Å². The van der Waals surface area contributed by atoms with Crippen molar-refractivity contribution in [1.29, 1.82) is 0 Å². The summed E-state index contributed by atoms with van der Waals surface area (Å²) >= 11 is 0. The maximum absolute atomic E-state index is 13.0. The van der Waals surface area contributed by atoms with Crippen LogP contribution in [0.2, 0.25) is 0 Å². The van der Waals surface area contributed by atoms with E-state index in [9.17, 15) is 4.57 Å². The molecule has 0 radical (unpaired) electrons. The second kappa shape index (κ2) is 7.03. The molecule has 0 bridgehead atoms. The fraction of sp³-hybridized carbons (Fsp3) is 0.400. The first kappa shape index (κ1) is 18.6. The fourth-order valence-electron chi connectivity index (χ4n) is 2.28. The van der Waals surface area contributed by atoms with Crippen molar-refractivity contribution in [3.8, 4) is 11.5 Å². The van der Waals surface area contributed by atoms with Crippen molar-refractivity contribution < 1.29 is 14.0 Å². The van der Waals surface area contributed by atoms with E-state index < -0.39 is 7.80 Å². The predicted molar refractivity (Wildman–Crippen MR) is 102 cm³/mol. The van der Waals surface area contributed by atoms with Crippen LogP contribution in [-0.4, -0.2) is 11.2 Å². The van der Waals surface area contributed by atoms with E-state index in [4.69, 9.17) is 9.47 Å². The van der Waals surface area contributed by atoms with Crippen molar-refractivity contribution in [3.63, 3.8) is 0 Å². The van der Waals surface area contributed by atoms with Crippen molar-refractivity contribution in [2.75, 3.05) is 0 Å². The van der Waals surface area contributed by atoms with Gasteiger partial charge in [-0.1, -0.05) is 24.3 Å². The number of hydrogen-bond acceptors (Lipinski definition) is 3. The van der Waals surface area contributed by atoms with Crippen LogP contribution in [-0.2, 0) is 4.57 Å². The van der Waals surface area contributed by atoms with Gasteiger partial charge in [0.1, 0.15) is 30.5 Å². The first-order chi connectivity index (χ1) is 11.0. The molecule has 2 rings (SSSR count). The van der Waals surface area contributed by atoms with E-state index in [0.29, 0.717) is 0 Å². The minimum Gasteiger partial charge on any atom is -0.488 e. The van der Waals surface area contributed by atoms with Gasteiger partial charge in [-0.2, -0.15) is 0 Å². The maximum atomic E-state index is 13.0. The van der Waals surface area contributed by atoms with Gasteiger partial charge in [-0.3, -0.25) is 0 Å². The van der Waals surface area contributed by atoms with Crippen molar-refractivity contribution >= 4 is 18.4 Å². The van der Waals surface area contributed by atoms with Gasteiger partial charge < -0.3 is 14.0 Å². The van der Waals surface area contributed by atoms with Gasteiger partial charge in [0.15, 0.2) is 0 Å². The SMILES string of the molecule is CC(C)(C)Oc1cccc([PH](=O)c2cccc(OC(C)(C)C)c2)c1. The van der Waals surface area contributed by atoms with Crippen LogP contribution in [0.25, 0.3) is 0 Å². The molecule has 0 aliphatic heterocycles. The molecule has 0 saturated carbocycles. The summed E-state index contributed by atoms with van der Waals surface area (Å²) in [6.45, 7) is 12.0. The number of ether oxygens (including phenoxy) is 2. The Balaban J connectivity index is 2.26. The molecule has 0 aliphatic rings. The van der Waals surface area contributed by atoms with Crippen LogP contribution in [0.3, 0.4) is 0 Å². The molecule has 4 heteroatoms. The lowest BCUT2D eigenvalue weighted by molar-refractivity contribution is 0.130. The second-order valence-corrected chi connectivity index (χ2v) is 9.63. The zero-order chi connectivity index (χ0) is 18.0. The normalized spacial score (nSPS) is 12.3. The number of hydrogen-bond donors (Lipinski definition) is 0. The van der Waals surface area contributed by atoms with E-state index in [-0.39, 0.29) is 11.2 Å². The number of benzene rings is 2. The molecular formula is C20H27O3P. The molecule has 0 N–H and O–H groups in total. The van der Waals surface area contributed by atoms with Gasteiger partial charge >= 0.3 is 0 Å². The summed E-state index contributed by atoms with van der Waals surface area (Å²) in [4.78, 5) is 0. The standard InChI is InChI=1S/C20H27O3P/c1-19(2,3)22-15-9-7-11-17(13-15)24(21)18-12-8-10-16(14-18)23-20(4,5)6/h7-14,24H,1-6H3. The highest BCUT2D eigenvalue weighted by Crippen LogP contribution is 2.26. The Morgan fingerprint density at radius 1 is 0.708 bits per heavy atom. The van der Waals surface area contributed by atoms with Crippen molar-refractivity contribution in [3.05, 3.63) is 48.5 Å². The van der Waals surface area contributed by atoms with Gasteiger partial charge in [-0.25, -0.2) is 0 Å². The van der Waals surface area contributed by atoms with Crippen LogP contribution in [0.1, 0.15) is 41.5 Å². The smallest absolute Gasteiger partial charge is 0.132 e. The lowest BCUT2D eigenvalue weighted by Gasteiger charge is -2.22. The third-order valence-corrected chi connectivity index (χ3v) is 4.71. The molecule has 0 fully saturated rings. The highest BCUT2D eigenvalue weighted by Gasteiger charge is 2.15. The van der Waals surface area contributed by atoms with E-state index in [1.54, 1.807) is 0 Å². The predicted octanol–water partition coefficient (Wildman–Crippen LogP) is 4.55. The summed E-state index contributed by atoms with van der Waals surface area (Å²) < 4.78 is 24.7. The van der Waals surface area contributed by atoms with E-state index in [0.717, 1.165) is 22.1 Å². The van der Waals surface area contributed by atoms with Gasteiger partial charge in [0, 0.05) is 10.6 Å². The van der Waals surface area contributed by atoms with E-state index in [2.05, 4.69) is 0 Å². The first-order valence-corrected chi connectivity index (χ1v) is 9.57. The summed E-state index contributed by atoms with van der Waals surface area (Å²) in [5, 5.41) is 1.57. The quantitative estimate of drug-likeness (QED) is 0.762. The Labute approximate surface area is 145 Å². The molecule has 3 nitrogen and oxygen atoms in total. The van der Waals surface area contributed by atoms with E-state index in [1.807, 2.05) is 90.1 Å². The summed E-state index contributed by atoms with van der Waals surface area (Å²) in [6, 6.07) is 15.0. The van der Waals surface area contributed by atoms with Gasteiger partial charge in [-0.15, -0.1) is 0 Å². The van der Waals surface area contributed by atoms with Crippen LogP contribution >= 0.6 is 7.80 Å². The maximum Gasteiger partial charge on any atom is 0.132 e. The third kappa shape index (κ3) is 5.72. The molecule has 0 amide bonds. The monoisotopic (exact) mass is 346 g/mol. The summed E-state index contributed by atoms with van der Waals surface area (Å²) in [6.07, 6.45) is 0. The molecule has 0 unspecified atom stereocenters. The summed E-state index contributed by atoms with van der Waals surface area (Å²) in [5.74, 6) is 1.47. The van der Waals surface area contributed by atoms with Crippen molar-refractivity contribution in [2.45, 2.75) is 52.7 Å². The van der Waals surface area contributed by atoms with Crippen molar-refractivity contribution in [1.82, 2.24) is 0 Å². The largest absolute Gasteiger partial charge is 0.488 e. The molecule has 24 heavy (non-hydrogen) atoms. The average molecular weight is 346 g/mol. The van der Waals surface area contributed by atoms with Gasteiger partial charge in [0.05, 0.1) is 0 Å². The Morgan fingerprint density at radius 2 is 1.08 bits per heavy atom. The van der Waals surface area contributed by atoms with Crippen LogP contribution < -0.4 is 20.1 Å². The summed E-state index contributed by atoms with van der Waals surface area (Å²) in [5.41, 5.74) is -0.566. The lowest BCUT2D eigenvalue weighted by atomic mass is 10.2. The highest BCUT2D eigenvalue weighted by molar-refractivity contribution is 7.61. The zero-order valence-electron chi connectivity index (χ0n) is 15.3. The summed E-state index contributed by atoms with van der Waals surface area (Å²) in [7, 11) is -2.11. The minimum atomic E-state index is -2.11. The molecule has 2 aromatic carbocycles. The van der Waals surface area contributed by atoms with E-state index >= 15 is 0 Å². The Bertz CT molecular complexity index is 663. The van der Waals surface area contributed by atoms with Gasteiger partial charge in [-0.05, 0) is 65.8 Å². The molecule has 0 aromatic heterocycles. The molecule has 130 valence electrons. The molecule has 2 aromatic rings. The third-order valence-electron chi connectivity index (χ3n) is 3.04.